The number of aliphatic hydroxyl groups is 5. The maximum absolute atomic E-state index is 10.8. The van der Waals surface area contributed by atoms with Gasteiger partial charge in [-0.2, -0.15) is 0 Å². The molecule has 10 nitrogen and oxygen atoms in total. The van der Waals surface area contributed by atoms with Gasteiger partial charge in [-0.25, -0.2) is 0 Å². The molecule has 0 spiro atoms. The number of aliphatic hydroxyl groups excluding tert-OH is 5. The van der Waals surface area contributed by atoms with Crippen molar-refractivity contribution in [2.45, 2.75) is 50.1 Å². The van der Waals surface area contributed by atoms with Crippen LogP contribution < -0.4 is 0 Å². The van der Waals surface area contributed by atoms with Gasteiger partial charge in [-0.15, -0.1) is 0 Å². The lowest BCUT2D eigenvalue weighted by Gasteiger charge is -2.23. The quantitative estimate of drug-likeness (QED) is 0.160. The molecule has 24 heavy (non-hydrogen) atoms. The van der Waals surface area contributed by atoms with Crippen molar-refractivity contribution < 1.29 is 50.1 Å². The van der Waals surface area contributed by atoms with Gasteiger partial charge >= 0.3 is 11.9 Å². The van der Waals surface area contributed by atoms with E-state index in [0.717, 1.165) is 6.08 Å². The second-order valence-electron chi connectivity index (χ2n) is 4.78. The molecule has 0 saturated heterocycles. The third kappa shape index (κ3) is 11.7. The first-order valence-electron chi connectivity index (χ1n) is 7.01. The topological polar surface area (TPSA) is 193 Å². The number of aliphatic carboxylic acids is 2. The lowest BCUT2D eigenvalue weighted by molar-refractivity contribution is -0.142. The van der Waals surface area contributed by atoms with Crippen LogP contribution in [0.5, 0.6) is 0 Å². The molecular formula is C14H24O10. The monoisotopic (exact) mass is 352 g/mol. The molecule has 0 bridgehead atoms. The van der Waals surface area contributed by atoms with Gasteiger partial charge in [-0.1, -0.05) is 6.58 Å². The highest BCUT2D eigenvalue weighted by Crippen LogP contribution is 2.06. The Morgan fingerprint density at radius 3 is 1.58 bits per heavy atom. The zero-order valence-corrected chi connectivity index (χ0v) is 13.0. The van der Waals surface area contributed by atoms with Gasteiger partial charge in [-0.3, -0.25) is 14.4 Å². The molecule has 0 aromatic carbocycles. The Morgan fingerprint density at radius 2 is 1.29 bits per heavy atom. The molecule has 0 aromatic heterocycles. The van der Waals surface area contributed by atoms with Crippen molar-refractivity contribution in [2.24, 2.45) is 0 Å². The molecular weight excluding hydrogens is 328 g/mol. The summed E-state index contributed by atoms with van der Waals surface area (Å²) in [4.78, 5) is 30.6. The van der Waals surface area contributed by atoms with Crippen LogP contribution in [0.3, 0.4) is 0 Å². The molecule has 0 radical (unpaired) electrons. The highest BCUT2D eigenvalue weighted by Gasteiger charge is 2.32. The smallest absolute Gasteiger partial charge is 0.303 e. The van der Waals surface area contributed by atoms with Crippen molar-refractivity contribution >= 4 is 17.7 Å². The van der Waals surface area contributed by atoms with Crippen molar-refractivity contribution in [3.05, 3.63) is 12.7 Å². The summed E-state index contributed by atoms with van der Waals surface area (Å²) in [6, 6.07) is 0. The third-order valence-electron chi connectivity index (χ3n) is 2.78. The Morgan fingerprint density at radius 1 is 0.875 bits per heavy atom. The molecule has 7 N–H and O–H groups in total. The van der Waals surface area contributed by atoms with Gasteiger partial charge in [-0.05, 0) is 18.9 Å². The van der Waals surface area contributed by atoms with Crippen molar-refractivity contribution in [3.63, 3.8) is 0 Å². The fourth-order valence-corrected chi connectivity index (χ4v) is 1.36. The summed E-state index contributed by atoms with van der Waals surface area (Å²) >= 11 is 0. The fourth-order valence-electron chi connectivity index (χ4n) is 1.36. The molecule has 10 heteroatoms. The average molecular weight is 352 g/mol. The number of hydrogen-bond donors (Lipinski definition) is 7. The van der Waals surface area contributed by atoms with Crippen LogP contribution in [0, 0.1) is 0 Å². The number of hydrogen-bond acceptors (Lipinski definition) is 8. The first-order chi connectivity index (χ1) is 11.1. The van der Waals surface area contributed by atoms with Crippen LogP contribution in [0.4, 0.5) is 0 Å². The van der Waals surface area contributed by atoms with E-state index in [1.807, 2.05) is 0 Å². The van der Waals surface area contributed by atoms with Gasteiger partial charge in [0.05, 0.1) is 6.61 Å². The van der Waals surface area contributed by atoms with Gasteiger partial charge in [0.15, 0.2) is 5.78 Å². The number of carboxylic acid groups (broad SMARTS) is 2. The zero-order chi connectivity index (χ0) is 19.3. The summed E-state index contributed by atoms with van der Waals surface area (Å²) in [7, 11) is 0. The maximum Gasteiger partial charge on any atom is 0.303 e. The van der Waals surface area contributed by atoms with Crippen molar-refractivity contribution in [1.82, 2.24) is 0 Å². The number of unbranched alkanes of at least 4 members (excludes halogenated alkanes) is 1. The van der Waals surface area contributed by atoms with Crippen molar-refractivity contribution in [3.8, 4) is 0 Å². The SMILES string of the molecule is C=CC(=O)C(O)C(O)C(O)C(O)CO.O=C(O)CCCCC(=O)O. The normalized spacial score (nSPS) is 15.2. The highest BCUT2D eigenvalue weighted by atomic mass is 16.4. The van der Waals surface area contributed by atoms with E-state index < -0.39 is 48.7 Å². The largest absolute Gasteiger partial charge is 0.481 e. The van der Waals surface area contributed by atoms with Gasteiger partial charge in [0.1, 0.15) is 24.4 Å². The first-order valence-corrected chi connectivity index (χ1v) is 7.01. The molecule has 0 heterocycles. The van der Waals surface area contributed by atoms with E-state index in [4.69, 9.17) is 35.7 Å². The summed E-state index contributed by atoms with van der Waals surface area (Å²) in [6.45, 7) is 2.29. The van der Waals surface area contributed by atoms with Crippen LogP contribution in [-0.2, 0) is 14.4 Å². The fraction of sp³-hybridized carbons (Fsp3) is 0.643. The second kappa shape index (κ2) is 13.6. The summed E-state index contributed by atoms with van der Waals surface area (Å²) in [5, 5.41) is 60.9. The molecule has 0 amide bonds. The molecule has 0 aromatic rings. The van der Waals surface area contributed by atoms with Crippen LogP contribution in [0.2, 0.25) is 0 Å². The Bertz CT molecular complexity index is 392. The van der Waals surface area contributed by atoms with E-state index in [1.54, 1.807) is 0 Å². The summed E-state index contributed by atoms with van der Waals surface area (Å²) < 4.78 is 0. The van der Waals surface area contributed by atoms with E-state index >= 15 is 0 Å². The van der Waals surface area contributed by atoms with E-state index in [2.05, 4.69) is 6.58 Å². The number of carbonyl (C=O) groups is 3. The summed E-state index contributed by atoms with van der Waals surface area (Å²) in [6.07, 6.45) is -5.32. The molecule has 140 valence electrons. The van der Waals surface area contributed by atoms with Gasteiger partial charge in [0.25, 0.3) is 0 Å². The van der Waals surface area contributed by atoms with E-state index in [1.165, 1.54) is 0 Å². The predicted octanol–water partition coefficient (Wildman–Crippen LogP) is -2.11. The third-order valence-corrected chi connectivity index (χ3v) is 2.78. The molecule has 0 rings (SSSR count). The Labute approximate surface area is 138 Å². The number of carbonyl (C=O) groups excluding carboxylic acids is 1. The standard InChI is InChI=1S/C8H14O6.C6H10O4/c1-2-4(10)6(12)8(14)7(13)5(11)3-9;7-5(8)3-1-2-4-6(9)10/h2,5-9,11-14H,1,3H2;1-4H2,(H,7,8)(H,9,10). The zero-order valence-electron chi connectivity index (χ0n) is 13.0. The van der Waals surface area contributed by atoms with Crippen LogP contribution in [0.15, 0.2) is 12.7 Å². The Balaban J connectivity index is 0. The number of carboxylic acids is 2. The Hall–Kier alpha value is -1.85. The minimum atomic E-state index is -1.86. The van der Waals surface area contributed by atoms with E-state index in [-0.39, 0.29) is 12.8 Å². The highest BCUT2D eigenvalue weighted by molar-refractivity contribution is 5.93. The first kappa shape index (κ1) is 24.4. The summed E-state index contributed by atoms with van der Waals surface area (Å²) in [5.74, 6) is -2.61. The number of rotatable bonds is 11. The second-order valence-corrected chi connectivity index (χ2v) is 4.78. The lowest BCUT2D eigenvalue weighted by Crippen LogP contribution is -2.48. The minimum Gasteiger partial charge on any atom is -0.481 e. The van der Waals surface area contributed by atoms with Crippen LogP contribution in [0.25, 0.3) is 0 Å². The van der Waals surface area contributed by atoms with Gasteiger partial charge in [0, 0.05) is 12.8 Å². The van der Waals surface area contributed by atoms with Gasteiger partial charge < -0.3 is 35.7 Å². The molecule has 0 fully saturated rings. The van der Waals surface area contributed by atoms with Crippen molar-refractivity contribution in [1.29, 1.82) is 0 Å². The summed E-state index contributed by atoms with van der Waals surface area (Å²) in [5.41, 5.74) is 0. The number of ketones is 1. The molecule has 0 aliphatic rings. The van der Waals surface area contributed by atoms with Crippen LogP contribution >= 0.6 is 0 Å². The predicted molar refractivity (Wildman–Crippen MR) is 80.1 cm³/mol. The van der Waals surface area contributed by atoms with E-state index in [9.17, 15) is 14.4 Å². The van der Waals surface area contributed by atoms with Gasteiger partial charge in [0.2, 0.25) is 0 Å². The molecule has 4 atom stereocenters. The molecule has 0 aliphatic carbocycles. The molecule has 0 aliphatic heterocycles. The van der Waals surface area contributed by atoms with Crippen molar-refractivity contribution in [2.75, 3.05) is 6.61 Å². The van der Waals surface area contributed by atoms with Crippen LogP contribution in [0.1, 0.15) is 25.7 Å². The molecule has 4 unspecified atom stereocenters. The minimum absolute atomic E-state index is 0.0628. The lowest BCUT2D eigenvalue weighted by atomic mass is 10.0. The average Bonchev–Trinajstić information content (AvgIpc) is 2.55. The maximum atomic E-state index is 10.8. The molecule has 0 saturated carbocycles. The van der Waals surface area contributed by atoms with Crippen LogP contribution in [-0.4, -0.2) is 84.5 Å². The van der Waals surface area contributed by atoms with E-state index in [0.29, 0.717) is 12.8 Å². The Kier molecular flexibility index (Phi) is 13.8.